The van der Waals surface area contributed by atoms with Crippen LogP contribution in [0.25, 0.3) is 0 Å². The van der Waals surface area contributed by atoms with Crippen molar-refractivity contribution in [3.8, 4) is 0 Å². The lowest BCUT2D eigenvalue weighted by atomic mass is 9.69. The van der Waals surface area contributed by atoms with Gasteiger partial charge in [0.2, 0.25) is 0 Å². The predicted octanol–water partition coefficient (Wildman–Crippen LogP) is 8.04. The first kappa shape index (κ1) is 27.7. The Kier molecular flexibility index (Phi) is 7.79. The summed E-state index contributed by atoms with van der Waals surface area (Å²) in [7, 11) is 0. The first-order valence-electron chi connectivity index (χ1n) is 13.0. The number of hydrogen-bond donors (Lipinski definition) is 1. The molecule has 0 unspecified atom stereocenters. The lowest BCUT2D eigenvalue weighted by Gasteiger charge is -2.47. The van der Waals surface area contributed by atoms with Gasteiger partial charge in [0.05, 0.1) is 11.6 Å². The third kappa shape index (κ3) is 5.73. The molecular formula is C30H36Cl2N2O3. The summed E-state index contributed by atoms with van der Waals surface area (Å²) in [6.07, 6.45) is 4.25. The number of hydrogen-bond acceptors (Lipinski definition) is 3. The van der Waals surface area contributed by atoms with Gasteiger partial charge >= 0.3 is 5.97 Å². The Hall–Kier alpha value is -2.37. The number of amides is 1. The summed E-state index contributed by atoms with van der Waals surface area (Å²) in [6, 6.07) is 11.8. The van der Waals surface area contributed by atoms with Crippen molar-refractivity contribution in [2.24, 2.45) is 22.2 Å². The minimum absolute atomic E-state index is 0.125. The van der Waals surface area contributed by atoms with Gasteiger partial charge < -0.3 is 10.0 Å². The molecule has 2 aromatic rings. The van der Waals surface area contributed by atoms with Gasteiger partial charge in [0.25, 0.3) is 5.91 Å². The second-order valence-electron chi connectivity index (χ2n) is 12.0. The Bertz CT molecular complexity index is 1190. The fourth-order valence-electron chi connectivity index (χ4n) is 5.91. The highest BCUT2D eigenvalue weighted by Gasteiger charge is 2.52. The highest BCUT2D eigenvalue weighted by molar-refractivity contribution is 6.47. The van der Waals surface area contributed by atoms with Gasteiger partial charge in [0, 0.05) is 15.6 Å². The third-order valence-corrected chi connectivity index (χ3v) is 8.32. The molecule has 1 saturated carbocycles. The standard InChI is InChI=1S/C30H36Cl2N2O3/c1-18(2)14-25(19-6-8-20(9-7-19)28(36)37)34-27(35)26(21-15-23(31)17-24(32)16-21)33-30(34)12-10-22(11-13-30)29(3,4)5/h6-9,15-18,22,25H,10-14H2,1-5H3,(H,36,37)/t22?,25-,30?/m1/s1. The molecule has 0 bridgehead atoms. The van der Waals surface area contributed by atoms with Crippen LogP contribution in [0.5, 0.6) is 0 Å². The van der Waals surface area contributed by atoms with E-state index in [1.807, 2.05) is 17.0 Å². The van der Waals surface area contributed by atoms with Crippen molar-refractivity contribution in [3.63, 3.8) is 0 Å². The molecule has 2 aromatic carbocycles. The molecule has 0 saturated heterocycles. The summed E-state index contributed by atoms with van der Waals surface area (Å²) in [5, 5.41) is 10.3. The molecule has 7 heteroatoms. The number of carbonyl (C=O) groups is 2. The molecule has 1 aliphatic heterocycles. The van der Waals surface area contributed by atoms with E-state index in [9.17, 15) is 14.7 Å². The normalized spacial score (nSPS) is 23.0. The number of carboxylic acids is 1. The largest absolute Gasteiger partial charge is 0.478 e. The van der Waals surface area contributed by atoms with Gasteiger partial charge in [-0.25, -0.2) is 4.79 Å². The first-order chi connectivity index (χ1) is 17.3. The second-order valence-corrected chi connectivity index (χ2v) is 12.9. The zero-order chi connectivity index (χ0) is 27.1. The SMILES string of the molecule is CC(C)C[C@H](c1ccc(C(=O)O)cc1)N1C(=O)C(c2cc(Cl)cc(Cl)c2)=NC12CCC(C(C)(C)C)CC2. The molecule has 1 spiro atoms. The van der Waals surface area contributed by atoms with Crippen molar-refractivity contribution < 1.29 is 14.7 Å². The Morgan fingerprint density at radius 2 is 1.65 bits per heavy atom. The fourth-order valence-corrected chi connectivity index (χ4v) is 6.43. The number of carbonyl (C=O) groups excluding carboxylic acids is 1. The number of halogens is 2. The molecule has 37 heavy (non-hydrogen) atoms. The smallest absolute Gasteiger partial charge is 0.335 e. The van der Waals surface area contributed by atoms with Crippen molar-refractivity contribution in [1.82, 2.24) is 4.90 Å². The number of rotatable bonds is 6. The van der Waals surface area contributed by atoms with E-state index >= 15 is 0 Å². The van der Waals surface area contributed by atoms with Crippen molar-refractivity contribution in [3.05, 3.63) is 69.2 Å². The van der Waals surface area contributed by atoms with Gasteiger partial charge in [0.1, 0.15) is 11.4 Å². The Balaban J connectivity index is 1.81. The van der Waals surface area contributed by atoms with Crippen LogP contribution in [0.4, 0.5) is 0 Å². The molecule has 1 atom stereocenters. The van der Waals surface area contributed by atoms with Crippen LogP contribution < -0.4 is 0 Å². The van der Waals surface area contributed by atoms with Crippen LogP contribution in [0.3, 0.4) is 0 Å². The molecule has 1 amide bonds. The van der Waals surface area contributed by atoms with Gasteiger partial charge in [0.15, 0.2) is 0 Å². The average molecular weight is 544 g/mol. The summed E-state index contributed by atoms with van der Waals surface area (Å²) in [5.74, 6) is -0.233. The molecular weight excluding hydrogens is 507 g/mol. The van der Waals surface area contributed by atoms with E-state index < -0.39 is 11.6 Å². The monoisotopic (exact) mass is 542 g/mol. The van der Waals surface area contributed by atoms with Crippen LogP contribution in [0.2, 0.25) is 10.0 Å². The molecule has 2 aliphatic rings. The van der Waals surface area contributed by atoms with E-state index in [0.29, 0.717) is 33.2 Å². The zero-order valence-electron chi connectivity index (χ0n) is 22.2. The molecule has 1 N–H and O–H groups in total. The Morgan fingerprint density at radius 1 is 1.08 bits per heavy atom. The number of benzene rings is 2. The topological polar surface area (TPSA) is 70.0 Å². The van der Waals surface area contributed by atoms with E-state index in [4.69, 9.17) is 28.2 Å². The van der Waals surface area contributed by atoms with Crippen LogP contribution in [0.15, 0.2) is 47.5 Å². The van der Waals surface area contributed by atoms with Crippen molar-refractivity contribution >= 4 is 40.8 Å². The van der Waals surface area contributed by atoms with E-state index in [0.717, 1.165) is 37.7 Å². The Labute approximate surface area is 229 Å². The maximum Gasteiger partial charge on any atom is 0.335 e. The minimum atomic E-state index is -0.968. The van der Waals surface area contributed by atoms with Gasteiger partial charge in [-0.05, 0) is 85.3 Å². The Morgan fingerprint density at radius 3 is 2.14 bits per heavy atom. The minimum Gasteiger partial charge on any atom is -0.478 e. The third-order valence-electron chi connectivity index (χ3n) is 7.89. The summed E-state index contributed by atoms with van der Waals surface area (Å²) < 4.78 is 0. The van der Waals surface area contributed by atoms with Crippen molar-refractivity contribution in [2.45, 2.75) is 78.4 Å². The van der Waals surface area contributed by atoms with Gasteiger partial charge in [-0.15, -0.1) is 0 Å². The van der Waals surface area contributed by atoms with Crippen LogP contribution in [-0.2, 0) is 4.79 Å². The van der Waals surface area contributed by atoms with E-state index in [-0.39, 0.29) is 22.9 Å². The average Bonchev–Trinajstić information content (AvgIpc) is 3.08. The molecule has 1 aliphatic carbocycles. The van der Waals surface area contributed by atoms with E-state index in [2.05, 4.69) is 34.6 Å². The number of carboxylic acid groups (broad SMARTS) is 1. The number of nitrogens with zero attached hydrogens (tertiary/aromatic N) is 2. The lowest BCUT2D eigenvalue weighted by molar-refractivity contribution is -0.134. The second kappa shape index (κ2) is 10.4. The maximum absolute atomic E-state index is 14.3. The van der Waals surface area contributed by atoms with Crippen molar-refractivity contribution in [1.29, 1.82) is 0 Å². The molecule has 1 heterocycles. The molecule has 0 radical (unpaired) electrons. The summed E-state index contributed by atoms with van der Waals surface area (Å²) >= 11 is 12.6. The van der Waals surface area contributed by atoms with E-state index in [1.54, 1.807) is 30.3 Å². The predicted molar refractivity (Wildman–Crippen MR) is 150 cm³/mol. The summed E-state index contributed by atoms with van der Waals surface area (Å²) in [6.45, 7) is 11.1. The van der Waals surface area contributed by atoms with Crippen molar-refractivity contribution in [2.75, 3.05) is 0 Å². The zero-order valence-corrected chi connectivity index (χ0v) is 23.7. The van der Waals surface area contributed by atoms with Crippen LogP contribution in [0, 0.1) is 17.3 Å². The van der Waals surface area contributed by atoms with Gasteiger partial charge in [-0.3, -0.25) is 9.79 Å². The highest BCUT2D eigenvalue weighted by atomic mass is 35.5. The van der Waals surface area contributed by atoms with Crippen LogP contribution >= 0.6 is 23.2 Å². The summed E-state index contributed by atoms with van der Waals surface area (Å²) in [4.78, 5) is 32.9. The molecule has 4 rings (SSSR count). The van der Waals surface area contributed by atoms with E-state index in [1.165, 1.54) is 0 Å². The van der Waals surface area contributed by atoms with Gasteiger partial charge in [-0.1, -0.05) is 70.0 Å². The summed E-state index contributed by atoms with van der Waals surface area (Å²) in [5.41, 5.74) is 1.71. The van der Waals surface area contributed by atoms with Crippen LogP contribution in [0.1, 0.15) is 94.2 Å². The molecule has 5 nitrogen and oxygen atoms in total. The quantitative estimate of drug-likeness (QED) is 0.401. The molecule has 198 valence electrons. The van der Waals surface area contributed by atoms with Crippen LogP contribution in [-0.4, -0.2) is 33.3 Å². The molecule has 0 aromatic heterocycles. The number of aromatic carboxylic acids is 1. The number of aliphatic imine (C=N–C) groups is 1. The first-order valence-corrected chi connectivity index (χ1v) is 13.8. The fraction of sp³-hybridized carbons (Fsp3) is 0.500. The lowest BCUT2D eigenvalue weighted by Crippen LogP contribution is -2.51. The maximum atomic E-state index is 14.3. The molecule has 1 fully saturated rings. The highest BCUT2D eigenvalue weighted by Crippen LogP contribution is 2.50. The van der Waals surface area contributed by atoms with Gasteiger partial charge in [-0.2, -0.15) is 0 Å².